The van der Waals surface area contributed by atoms with Gasteiger partial charge in [-0.05, 0) is 31.0 Å². The lowest BCUT2D eigenvalue weighted by Crippen LogP contribution is -2.14. The quantitative estimate of drug-likeness (QED) is 0.750. The van der Waals surface area contributed by atoms with E-state index >= 15 is 0 Å². The topological polar surface area (TPSA) is 101 Å². The molecule has 0 aliphatic heterocycles. The lowest BCUT2D eigenvalue weighted by Gasteiger charge is -2.11. The van der Waals surface area contributed by atoms with Crippen LogP contribution in [0.1, 0.15) is 23.9 Å². The fraction of sp³-hybridized carbons (Fsp3) is 0.308. The molecule has 1 heterocycles. The van der Waals surface area contributed by atoms with E-state index in [-0.39, 0.29) is 5.03 Å². The van der Waals surface area contributed by atoms with Crippen molar-refractivity contribution in [3.63, 3.8) is 0 Å². The highest BCUT2D eigenvalue weighted by Gasteiger charge is 2.18. The molecule has 0 aliphatic rings. The smallest absolute Gasteiger partial charge is 0.278 e. The molecule has 1 aromatic heterocycles. The molecule has 0 saturated carbocycles. The first-order valence-corrected chi connectivity index (χ1v) is 7.75. The second-order valence-electron chi connectivity index (χ2n) is 4.68. The Labute approximate surface area is 118 Å². The largest absolute Gasteiger partial charge is 0.398 e. The summed E-state index contributed by atoms with van der Waals surface area (Å²) >= 11 is 0. The summed E-state index contributed by atoms with van der Waals surface area (Å²) in [4.78, 5) is 6.77. The Morgan fingerprint density at radius 2 is 2.00 bits per heavy atom. The van der Waals surface area contributed by atoms with E-state index in [1.165, 1.54) is 6.20 Å². The SMILES string of the molecule is CCc1ncc(S(=O)(=O)Nc2cc(N)c(C)cc2C)[nH]1. The molecular weight excluding hydrogens is 276 g/mol. The van der Waals surface area contributed by atoms with Gasteiger partial charge in [0.15, 0.2) is 5.03 Å². The number of aryl methyl sites for hydroxylation is 3. The number of aromatic nitrogens is 2. The third-order valence-electron chi connectivity index (χ3n) is 3.09. The maximum Gasteiger partial charge on any atom is 0.278 e. The number of H-pyrrole nitrogens is 1. The number of hydrogen-bond acceptors (Lipinski definition) is 4. The van der Waals surface area contributed by atoms with Crippen LogP contribution in [0.2, 0.25) is 0 Å². The highest BCUT2D eigenvalue weighted by Crippen LogP contribution is 2.24. The molecule has 0 radical (unpaired) electrons. The molecule has 1 aromatic carbocycles. The van der Waals surface area contributed by atoms with Gasteiger partial charge in [-0.15, -0.1) is 0 Å². The third kappa shape index (κ3) is 2.77. The predicted octanol–water partition coefficient (Wildman–Crippen LogP) is 1.97. The maximum atomic E-state index is 12.3. The molecule has 0 unspecified atom stereocenters. The predicted molar refractivity (Wildman–Crippen MR) is 79.1 cm³/mol. The van der Waals surface area contributed by atoms with Crippen LogP contribution >= 0.6 is 0 Å². The minimum Gasteiger partial charge on any atom is -0.398 e. The van der Waals surface area contributed by atoms with Crippen molar-refractivity contribution in [1.29, 1.82) is 0 Å². The Morgan fingerprint density at radius 1 is 1.30 bits per heavy atom. The van der Waals surface area contributed by atoms with Crippen molar-refractivity contribution in [2.24, 2.45) is 0 Å². The number of nitrogen functional groups attached to an aromatic ring is 1. The molecule has 7 heteroatoms. The summed E-state index contributed by atoms with van der Waals surface area (Å²) in [5.41, 5.74) is 8.57. The summed E-state index contributed by atoms with van der Waals surface area (Å²) in [7, 11) is -3.68. The van der Waals surface area contributed by atoms with Crippen LogP contribution in [-0.2, 0) is 16.4 Å². The van der Waals surface area contributed by atoms with Gasteiger partial charge >= 0.3 is 0 Å². The van der Waals surface area contributed by atoms with Gasteiger partial charge in [0.1, 0.15) is 5.82 Å². The van der Waals surface area contributed by atoms with Crippen molar-refractivity contribution in [1.82, 2.24) is 9.97 Å². The molecule has 108 valence electrons. The number of nitrogens with one attached hydrogen (secondary N) is 2. The van der Waals surface area contributed by atoms with Crippen molar-refractivity contribution >= 4 is 21.4 Å². The van der Waals surface area contributed by atoms with E-state index in [9.17, 15) is 8.42 Å². The first-order chi connectivity index (χ1) is 9.33. The van der Waals surface area contributed by atoms with Crippen LogP contribution in [0.4, 0.5) is 11.4 Å². The normalized spacial score (nSPS) is 11.6. The molecule has 20 heavy (non-hydrogen) atoms. The van der Waals surface area contributed by atoms with Gasteiger partial charge in [-0.2, -0.15) is 8.42 Å². The molecule has 0 atom stereocenters. The zero-order chi connectivity index (χ0) is 14.9. The molecule has 0 amide bonds. The number of rotatable bonds is 4. The number of nitrogens with two attached hydrogens (primary N) is 1. The summed E-state index contributed by atoms with van der Waals surface area (Å²) in [5, 5.41) is 0.0490. The van der Waals surface area contributed by atoms with Crippen LogP contribution < -0.4 is 10.5 Å². The number of aromatic amines is 1. The van der Waals surface area contributed by atoms with E-state index in [2.05, 4.69) is 14.7 Å². The monoisotopic (exact) mass is 294 g/mol. The van der Waals surface area contributed by atoms with Crippen LogP contribution in [0.15, 0.2) is 23.4 Å². The summed E-state index contributed by atoms with van der Waals surface area (Å²) in [5.74, 6) is 0.630. The number of anilines is 2. The van der Waals surface area contributed by atoms with Crippen molar-refractivity contribution < 1.29 is 8.42 Å². The number of sulfonamides is 1. The Balaban J connectivity index is 2.35. The highest BCUT2D eigenvalue weighted by molar-refractivity contribution is 7.92. The highest BCUT2D eigenvalue weighted by atomic mass is 32.2. The second kappa shape index (κ2) is 5.16. The second-order valence-corrected chi connectivity index (χ2v) is 6.33. The van der Waals surface area contributed by atoms with Crippen molar-refractivity contribution in [3.8, 4) is 0 Å². The van der Waals surface area contributed by atoms with Gasteiger partial charge in [0, 0.05) is 12.1 Å². The number of benzene rings is 1. The molecule has 2 rings (SSSR count). The van der Waals surface area contributed by atoms with Gasteiger partial charge in [-0.1, -0.05) is 13.0 Å². The minimum atomic E-state index is -3.68. The fourth-order valence-corrected chi connectivity index (χ4v) is 2.90. The zero-order valence-corrected chi connectivity index (χ0v) is 12.5. The first-order valence-electron chi connectivity index (χ1n) is 6.27. The van der Waals surface area contributed by atoms with E-state index in [1.807, 2.05) is 26.8 Å². The molecule has 6 nitrogen and oxygen atoms in total. The summed E-state index contributed by atoms with van der Waals surface area (Å²) in [6.07, 6.45) is 1.96. The van der Waals surface area contributed by atoms with Crippen molar-refractivity contribution in [2.45, 2.75) is 32.2 Å². The number of hydrogen-bond donors (Lipinski definition) is 3. The van der Waals surface area contributed by atoms with Crippen molar-refractivity contribution in [2.75, 3.05) is 10.5 Å². The molecule has 0 fully saturated rings. The lowest BCUT2D eigenvalue weighted by molar-refractivity contribution is 0.598. The van der Waals surface area contributed by atoms with E-state index in [0.717, 1.165) is 11.1 Å². The van der Waals surface area contributed by atoms with Gasteiger partial charge in [0.05, 0.1) is 11.9 Å². The molecule has 4 N–H and O–H groups in total. The summed E-state index contributed by atoms with van der Waals surface area (Å²) < 4.78 is 27.0. The van der Waals surface area contributed by atoms with E-state index in [4.69, 9.17) is 5.73 Å². The first kappa shape index (κ1) is 14.4. The molecule has 0 spiro atoms. The third-order valence-corrected chi connectivity index (χ3v) is 4.36. The Kier molecular flexibility index (Phi) is 3.71. The van der Waals surface area contributed by atoms with Crippen LogP contribution in [0, 0.1) is 13.8 Å². The molecule has 2 aromatic rings. The number of nitrogens with zero attached hydrogens (tertiary/aromatic N) is 1. The molecule has 0 bridgehead atoms. The van der Waals surface area contributed by atoms with Crippen LogP contribution in [0.25, 0.3) is 0 Å². The van der Waals surface area contributed by atoms with Crippen molar-refractivity contribution in [3.05, 3.63) is 35.3 Å². The standard InChI is InChI=1S/C13H18N4O2S/c1-4-12-15-7-13(16-12)20(18,19)17-11-6-10(14)8(2)5-9(11)3/h5-7,17H,4,14H2,1-3H3,(H,15,16). The average Bonchev–Trinajstić information content (AvgIpc) is 2.85. The van der Waals surface area contributed by atoms with Gasteiger partial charge in [0.25, 0.3) is 10.0 Å². The zero-order valence-electron chi connectivity index (χ0n) is 11.7. The van der Waals surface area contributed by atoms with Gasteiger partial charge < -0.3 is 10.7 Å². The summed E-state index contributed by atoms with van der Waals surface area (Å²) in [6, 6.07) is 3.47. The lowest BCUT2D eigenvalue weighted by atomic mass is 10.1. The van der Waals surface area contributed by atoms with Crippen LogP contribution in [0.5, 0.6) is 0 Å². The molecular formula is C13H18N4O2S. The van der Waals surface area contributed by atoms with Gasteiger partial charge in [-0.25, -0.2) is 4.98 Å². The molecule has 0 saturated heterocycles. The van der Waals surface area contributed by atoms with E-state index in [0.29, 0.717) is 23.6 Å². The average molecular weight is 294 g/mol. The van der Waals surface area contributed by atoms with Gasteiger partial charge in [-0.3, -0.25) is 4.72 Å². The summed E-state index contributed by atoms with van der Waals surface area (Å²) in [6.45, 7) is 5.60. The molecule has 0 aliphatic carbocycles. The fourth-order valence-electron chi connectivity index (χ4n) is 1.84. The van der Waals surface area contributed by atoms with E-state index < -0.39 is 10.0 Å². The number of imidazole rings is 1. The van der Waals surface area contributed by atoms with Gasteiger partial charge in [0.2, 0.25) is 0 Å². The Hall–Kier alpha value is -2.02. The van der Waals surface area contributed by atoms with Crippen LogP contribution in [0.3, 0.4) is 0 Å². The Morgan fingerprint density at radius 3 is 2.60 bits per heavy atom. The van der Waals surface area contributed by atoms with E-state index in [1.54, 1.807) is 6.07 Å². The Bertz CT molecular complexity index is 735. The minimum absolute atomic E-state index is 0.0490. The maximum absolute atomic E-state index is 12.3. The van der Waals surface area contributed by atoms with Crippen LogP contribution in [-0.4, -0.2) is 18.4 Å².